The Bertz CT molecular complexity index is 1020. The topological polar surface area (TPSA) is 83.6 Å². The van der Waals surface area contributed by atoms with Gasteiger partial charge in [-0.3, -0.25) is 10.00 Å². The third-order valence-electron chi connectivity index (χ3n) is 4.83. The van der Waals surface area contributed by atoms with Gasteiger partial charge in [-0.1, -0.05) is 0 Å². The number of nitrogens with zero attached hydrogens (tertiary/aromatic N) is 4. The smallest absolute Gasteiger partial charge is 0.326 e. The van der Waals surface area contributed by atoms with E-state index in [4.69, 9.17) is 9.47 Å². The van der Waals surface area contributed by atoms with Gasteiger partial charge in [-0.25, -0.2) is 9.18 Å². The highest BCUT2D eigenvalue weighted by molar-refractivity contribution is 5.93. The van der Waals surface area contributed by atoms with Gasteiger partial charge in [-0.2, -0.15) is 10.1 Å². The second-order valence-corrected chi connectivity index (χ2v) is 6.53. The van der Waals surface area contributed by atoms with Crippen LogP contribution in [0.4, 0.5) is 15.0 Å². The molecule has 0 aliphatic carbocycles. The number of urea groups is 1. The Labute approximate surface area is 166 Å². The molecule has 0 atom stereocenters. The molecule has 1 N–H and O–H groups in total. The number of amides is 2. The van der Waals surface area contributed by atoms with E-state index in [-0.39, 0.29) is 18.4 Å². The van der Waals surface area contributed by atoms with Crippen molar-refractivity contribution in [2.24, 2.45) is 0 Å². The maximum absolute atomic E-state index is 14.1. The molecule has 8 nitrogen and oxygen atoms in total. The van der Waals surface area contributed by atoms with Crippen LogP contribution in [0.15, 0.2) is 42.7 Å². The molecule has 9 heteroatoms. The lowest BCUT2D eigenvalue weighted by atomic mass is 10.1. The minimum absolute atomic E-state index is 0.155. The Hall–Kier alpha value is -3.62. The summed E-state index contributed by atoms with van der Waals surface area (Å²) in [5.74, 6) is 1.05. The average Bonchev–Trinajstić information content (AvgIpc) is 3.40. The number of carbonyl (C=O) groups is 1. The van der Waals surface area contributed by atoms with Gasteiger partial charge in [-0.15, -0.1) is 0 Å². The Morgan fingerprint density at radius 3 is 2.76 bits per heavy atom. The number of hydrogen-bond donors (Lipinski definition) is 1. The van der Waals surface area contributed by atoms with Crippen molar-refractivity contribution >= 4 is 11.8 Å². The molecule has 0 radical (unpaired) electrons. The predicted molar refractivity (Wildman–Crippen MR) is 104 cm³/mol. The molecule has 1 aliphatic rings. The summed E-state index contributed by atoms with van der Waals surface area (Å²) in [6.45, 7) is 1.07. The van der Waals surface area contributed by atoms with Gasteiger partial charge in [0.15, 0.2) is 0 Å². The van der Waals surface area contributed by atoms with Crippen LogP contribution in [0.25, 0.3) is 11.1 Å². The number of H-pyrrole nitrogens is 1. The zero-order valence-corrected chi connectivity index (χ0v) is 16.1. The standard InChI is InChI=1S/C20H20FN5O3/c1-28-15-3-5-17(21)13(9-15)12-25-7-8-26(20(25)27)18-6-4-16(19(24-18)29-2)14-10-22-23-11-14/h3-6,9-11H,7-8,12H2,1-2H3,(H,22,23). The third-order valence-corrected chi connectivity index (χ3v) is 4.83. The summed E-state index contributed by atoms with van der Waals surface area (Å²) in [7, 11) is 3.05. The predicted octanol–water partition coefficient (Wildman–Crippen LogP) is 3.07. The highest BCUT2D eigenvalue weighted by Crippen LogP contribution is 2.31. The molecule has 0 spiro atoms. The number of hydrogen-bond acceptors (Lipinski definition) is 5. The van der Waals surface area contributed by atoms with Crippen molar-refractivity contribution < 1.29 is 18.7 Å². The zero-order valence-electron chi connectivity index (χ0n) is 16.1. The lowest BCUT2D eigenvalue weighted by molar-refractivity contribution is 0.218. The number of rotatable bonds is 6. The quantitative estimate of drug-likeness (QED) is 0.691. The summed E-state index contributed by atoms with van der Waals surface area (Å²) >= 11 is 0. The van der Waals surface area contributed by atoms with Crippen LogP contribution in [0, 0.1) is 5.82 Å². The summed E-state index contributed by atoms with van der Waals surface area (Å²) < 4.78 is 24.7. The summed E-state index contributed by atoms with van der Waals surface area (Å²) in [5, 5.41) is 6.69. The van der Waals surface area contributed by atoms with E-state index in [0.717, 1.165) is 11.1 Å². The van der Waals surface area contributed by atoms with Crippen LogP contribution in [-0.2, 0) is 6.54 Å². The van der Waals surface area contributed by atoms with Crippen molar-refractivity contribution in [3.8, 4) is 22.8 Å². The van der Waals surface area contributed by atoms with Crippen molar-refractivity contribution in [2.45, 2.75) is 6.54 Å². The SMILES string of the molecule is COc1ccc(F)c(CN2CCN(c3ccc(-c4cn[nH]c4)c(OC)n3)C2=O)c1. The van der Waals surface area contributed by atoms with Gasteiger partial charge in [0.1, 0.15) is 17.4 Å². The first-order valence-corrected chi connectivity index (χ1v) is 9.03. The van der Waals surface area contributed by atoms with Gasteiger partial charge < -0.3 is 14.4 Å². The van der Waals surface area contributed by atoms with Gasteiger partial charge in [0.05, 0.1) is 27.0 Å². The molecule has 1 fully saturated rings. The van der Waals surface area contributed by atoms with Gasteiger partial charge in [0, 0.05) is 36.0 Å². The zero-order chi connectivity index (χ0) is 20.4. The molecule has 1 saturated heterocycles. The number of halogens is 1. The molecular weight excluding hydrogens is 377 g/mol. The minimum atomic E-state index is -0.374. The molecule has 1 aliphatic heterocycles. The second-order valence-electron chi connectivity index (χ2n) is 6.53. The van der Waals surface area contributed by atoms with E-state index in [9.17, 15) is 9.18 Å². The van der Waals surface area contributed by atoms with E-state index in [1.807, 2.05) is 6.07 Å². The molecule has 0 unspecified atom stereocenters. The van der Waals surface area contributed by atoms with Crippen LogP contribution in [0.3, 0.4) is 0 Å². The highest BCUT2D eigenvalue weighted by Gasteiger charge is 2.31. The van der Waals surface area contributed by atoms with Gasteiger partial charge in [0.25, 0.3) is 0 Å². The summed E-state index contributed by atoms with van der Waals surface area (Å²) in [6.07, 6.45) is 3.41. The van der Waals surface area contributed by atoms with E-state index in [0.29, 0.717) is 36.1 Å². The lowest BCUT2D eigenvalue weighted by Crippen LogP contribution is -2.32. The number of nitrogens with one attached hydrogen (secondary N) is 1. The molecule has 29 heavy (non-hydrogen) atoms. The normalized spacial score (nSPS) is 13.8. The van der Waals surface area contributed by atoms with Crippen LogP contribution in [0.5, 0.6) is 11.6 Å². The molecule has 3 aromatic rings. The van der Waals surface area contributed by atoms with Crippen LogP contribution in [0.1, 0.15) is 5.56 Å². The van der Waals surface area contributed by atoms with E-state index in [2.05, 4.69) is 15.2 Å². The third kappa shape index (κ3) is 3.58. The van der Waals surface area contributed by atoms with Gasteiger partial charge in [0.2, 0.25) is 5.88 Å². The molecular formula is C20H20FN5O3. The Kier molecular flexibility index (Phi) is 5.03. The molecule has 4 rings (SSSR count). The molecule has 0 bridgehead atoms. The number of benzene rings is 1. The number of ether oxygens (including phenoxy) is 2. The van der Waals surface area contributed by atoms with E-state index in [1.165, 1.54) is 20.3 Å². The Morgan fingerprint density at radius 2 is 2.03 bits per heavy atom. The fraction of sp³-hybridized carbons (Fsp3) is 0.250. The molecule has 1 aromatic carbocycles. The summed E-state index contributed by atoms with van der Waals surface area (Å²) in [4.78, 5) is 20.5. The first-order chi connectivity index (χ1) is 14.1. The number of pyridine rings is 1. The number of aromatic nitrogens is 3. The van der Waals surface area contributed by atoms with Crippen LogP contribution in [0.2, 0.25) is 0 Å². The molecule has 2 amide bonds. The molecule has 2 aromatic heterocycles. The average molecular weight is 397 g/mol. The van der Waals surface area contributed by atoms with Crippen LogP contribution >= 0.6 is 0 Å². The van der Waals surface area contributed by atoms with Crippen molar-refractivity contribution in [2.75, 3.05) is 32.2 Å². The van der Waals surface area contributed by atoms with Crippen LogP contribution in [-0.4, -0.2) is 53.4 Å². The molecule has 3 heterocycles. The summed E-state index contributed by atoms with van der Waals surface area (Å²) in [6, 6.07) is 7.86. The number of anilines is 1. The maximum Gasteiger partial charge on any atom is 0.326 e. The largest absolute Gasteiger partial charge is 0.497 e. The first-order valence-electron chi connectivity index (χ1n) is 9.03. The number of aromatic amines is 1. The van der Waals surface area contributed by atoms with Crippen LogP contribution < -0.4 is 14.4 Å². The fourth-order valence-electron chi connectivity index (χ4n) is 3.30. The van der Waals surface area contributed by atoms with E-state index < -0.39 is 0 Å². The van der Waals surface area contributed by atoms with Gasteiger partial charge >= 0.3 is 6.03 Å². The first kappa shape index (κ1) is 18.7. The fourth-order valence-corrected chi connectivity index (χ4v) is 3.30. The lowest BCUT2D eigenvalue weighted by Gasteiger charge is -2.19. The van der Waals surface area contributed by atoms with E-state index in [1.54, 1.807) is 40.4 Å². The Balaban J connectivity index is 1.55. The van der Waals surface area contributed by atoms with Crippen molar-refractivity contribution in [1.29, 1.82) is 0 Å². The Morgan fingerprint density at radius 1 is 1.17 bits per heavy atom. The maximum atomic E-state index is 14.1. The minimum Gasteiger partial charge on any atom is -0.497 e. The van der Waals surface area contributed by atoms with Crippen molar-refractivity contribution in [3.63, 3.8) is 0 Å². The monoisotopic (exact) mass is 397 g/mol. The second kappa shape index (κ2) is 7.78. The van der Waals surface area contributed by atoms with Gasteiger partial charge in [-0.05, 0) is 30.3 Å². The summed E-state index contributed by atoms with van der Waals surface area (Å²) in [5.41, 5.74) is 2.01. The number of methoxy groups -OCH3 is 2. The molecule has 0 saturated carbocycles. The number of carbonyl (C=O) groups excluding carboxylic acids is 1. The molecule has 150 valence electrons. The van der Waals surface area contributed by atoms with E-state index >= 15 is 0 Å². The van der Waals surface area contributed by atoms with Crippen molar-refractivity contribution in [1.82, 2.24) is 20.1 Å². The van der Waals surface area contributed by atoms with Crippen molar-refractivity contribution in [3.05, 3.63) is 54.1 Å². The highest BCUT2D eigenvalue weighted by atomic mass is 19.1.